The molecule has 0 bridgehead atoms. The third-order valence-electron chi connectivity index (χ3n) is 2.20. The molecule has 0 aliphatic rings. The molecule has 0 aliphatic carbocycles. The molecule has 0 unspecified atom stereocenters. The van der Waals surface area contributed by atoms with Crippen molar-refractivity contribution in [1.29, 1.82) is 0 Å². The van der Waals surface area contributed by atoms with Gasteiger partial charge in [0.15, 0.2) is 0 Å². The van der Waals surface area contributed by atoms with Gasteiger partial charge in [-0.3, -0.25) is 20.2 Å². The van der Waals surface area contributed by atoms with E-state index in [1.807, 2.05) is 0 Å². The van der Waals surface area contributed by atoms with Crippen LogP contribution in [0.5, 0.6) is 0 Å². The quantitative estimate of drug-likeness (QED) is 0.594. The Morgan fingerprint density at radius 3 is 2.41 bits per heavy atom. The van der Waals surface area contributed by atoms with Crippen molar-refractivity contribution in [3.63, 3.8) is 0 Å². The molecule has 0 aromatic heterocycles. The van der Waals surface area contributed by atoms with Crippen LogP contribution >= 0.6 is 0 Å². The molecule has 0 saturated heterocycles. The molecule has 1 aromatic carbocycles. The number of benzene rings is 1. The van der Waals surface area contributed by atoms with Crippen molar-refractivity contribution in [3.8, 4) is 0 Å². The SMILES string of the molecule is CC(C)/C(=C/c1cccc([N+](=O)[O-])c1)[N+](=O)[O-]. The van der Waals surface area contributed by atoms with Crippen LogP contribution in [0.25, 0.3) is 6.08 Å². The Balaban J connectivity index is 3.16. The van der Waals surface area contributed by atoms with E-state index in [4.69, 9.17) is 0 Å². The Bertz CT molecular complexity index is 480. The summed E-state index contributed by atoms with van der Waals surface area (Å²) in [4.78, 5) is 20.3. The maximum atomic E-state index is 10.8. The molecule has 0 heterocycles. The highest BCUT2D eigenvalue weighted by Crippen LogP contribution is 2.19. The first kappa shape index (κ1) is 12.8. The number of rotatable bonds is 4. The molecule has 1 rings (SSSR count). The molecule has 6 heteroatoms. The molecule has 0 N–H and O–H groups in total. The topological polar surface area (TPSA) is 86.3 Å². The van der Waals surface area contributed by atoms with Crippen molar-refractivity contribution in [1.82, 2.24) is 0 Å². The van der Waals surface area contributed by atoms with Crippen LogP contribution in [-0.4, -0.2) is 9.85 Å². The molecule has 0 radical (unpaired) electrons. The fourth-order valence-corrected chi connectivity index (χ4v) is 1.33. The van der Waals surface area contributed by atoms with Gasteiger partial charge in [0, 0.05) is 24.1 Å². The van der Waals surface area contributed by atoms with E-state index >= 15 is 0 Å². The number of allylic oxidation sites excluding steroid dienone is 1. The molecule has 0 amide bonds. The molecule has 17 heavy (non-hydrogen) atoms. The summed E-state index contributed by atoms with van der Waals surface area (Å²) in [6, 6.07) is 5.76. The zero-order valence-electron chi connectivity index (χ0n) is 9.49. The third kappa shape index (κ3) is 3.37. The lowest BCUT2D eigenvalue weighted by Gasteiger charge is -2.01. The highest BCUT2D eigenvalue weighted by atomic mass is 16.6. The van der Waals surface area contributed by atoms with Gasteiger partial charge in [0.05, 0.1) is 9.85 Å². The zero-order chi connectivity index (χ0) is 13.0. The highest BCUT2D eigenvalue weighted by molar-refractivity contribution is 5.55. The molecule has 0 fully saturated rings. The molecule has 6 nitrogen and oxygen atoms in total. The van der Waals surface area contributed by atoms with E-state index < -0.39 is 9.85 Å². The van der Waals surface area contributed by atoms with Crippen LogP contribution < -0.4 is 0 Å². The maximum absolute atomic E-state index is 10.8. The molecule has 0 spiro atoms. The summed E-state index contributed by atoms with van der Waals surface area (Å²) >= 11 is 0. The van der Waals surface area contributed by atoms with E-state index in [-0.39, 0.29) is 17.3 Å². The van der Waals surface area contributed by atoms with Gasteiger partial charge >= 0.3 is 0 Å². The second-order valence-electron chi connectivity index (χ2n) is 3.83. The number of hydrogen-bond acceptors (Lipinski definition) is 4. The van der Waals surface area contributed by atoms with Crippen LogP contribution in [-0.2, 0) is 0 Å². The van der Waals surface area contributed by atoms with Crippen LogP contribution in [0.2, 0.25) is 0 Å². The number of hydrogen-bond donors (Lipinski definition) is 0. The lowest BCUT2D eigenvalue weighted by atomic mass is 10.1. The summed E-state index contributed by atoms with van der Waals surface area (Å²) in [5, 5.41) is 21.3. The van der Waals surface area contributed by atoms with Gasteiger partial charge in [-0.2, -0.15) is 0 Å². The molecule has 0 saturated carbocycles. The molecule has 1 aromatic rings. The number of non-ortho nitro benzene ring substituents is 1. The van der Waals surface area contributed by atoms with Crippen LogP contribution in [0.15, 0.2) is 30.0 Å². The summed E-state index contributed by atoms with van der Waals surface area (Å²) in [5.74, 6) is -0.246. The lowest BCUT2D eigenvalue weighted by molar-refractivity contribution is -0.431. The van der Waals surface area contributed by atoms with Gasteiger partial charge < -0.3 is 0 Å². The van der Waals surface area contributed by atoms with E-state index in [9.17, 15) is 20.2 Å². The van der Waals surface area contributed by atoms with Gasteiger partial charge in [0.1, 0.15) is 0 Å². The molecular formula is C11H12N2O4. The number of nitro groups is 2. The predicted molar refractivity (Wildman–Crippen MR) is 62.9 cm³/mol. The smallest absolute Gasteiger partial charge is 0.259 e. The third-order valence-corrected chi connectivity index (χ3v) is 2.20. The Morgan fingerprint density at radius 2 is 1.94 bits per heavy atom. The van der Waals surface area contributed by atoms with E-state index in [1.54, 1.807) is 19.9 Å². The minimum atomic E-state index is -0.529. The predicted octanol–water partition coefficient (Wildman–Crippen LogP) is 2.87. The van der Waals surface area contributed by atoms with Gasteiger partial charge in [-0.1, -0.05) is 26.0 Å². The van der Waals surface area contributed by atoms with Crippen LogP contribution in [0.1, 0.15) is 19.4 Å². The van der Waals surface area contributed by atoms with Crippen LogP contribution in [0, 0.1) is 26.1 Å². The van der Waals surface area contributed by atoms with Gasteiger partial charge in [-0.15, -0.1) is 0 Å². The average molecular weight is 236 g/mol. The zero-order valence-corrected chi connectivity index (χ0v) is 9.49. The standard InChI is InChI=1S/C11H12N2O4/c1-8(2)11(13(16)17)7-9-4-3-5-10(6-9)12(14)15/h3-8H,1-2H3/b11-7-. The molecular weight excluding hydrogens is 224 g/mol. The normalized spacial score (nSPS) is 11.6. The van der Waals surface area contributed by atoms with E-state index in [0.29, 0.717) is 5.56 Å². The molecule has 0 aliphatic heterocycles. The first-order valence-electron chi connectivity index (χ1n) is 5.02. The largest absolute Gasteiger partial charge is 0.270 e. The summed E-state index contributed by atoms with van der Waals surface area (Å²) in [6.07, 6.45) is 1.36. The van der Waals surface area contributed by atoms with Crippen molar-refractivity contribution >= 4 is 11.8 Å². The lowest BCUT2D eigenvalue weighted by Crippen LogP contribution is -2.05. The Kier molecular flexibility index (Phi) is 3.92. The Hall–Kier alpha value is -2.24. The summed E-state index contributed by atoms with van der Waals surface area (Å²) in [6.45, 7) is 3.40. The monoisotopic (exact) mass is 236 g/mol. The minimum absolute atomic E-state index is 0.0329. The summed E-state index contributed by atoms with van der Waals surface area (Å²) in [5.41, 5.74) is 0.412. The fraction of sp³-hybridized carbons (Fsp3) is 0.273. The average Bonchev–Trinajstić information content (AvgIpc) is 2.25. The fourth-order valence-electron chi connectivity index (χ4n) is 1.33. The number of nitrogens with zero attached hydrogens (tertiary/aromatic N) is 2. The van der Waals surface area contributed by atoms with E-state index in [0.717, 1.165) is 0 Å². The van der Waals surface area contributed by atoms with Crippen molar-refractivity contribution in [2.45, 2.75) is 13.8 Å². The van der Waals surface area contributed by atoms with Crippen molar-refractivity contribution < 1.29 is 9.85 Å². The number of nitro benzene ring substituents is 1. The van der Waals surface area contributed by atoms with Gasteiger partial charge in [-0.05, 0) is 5.56 Å². The molecule has 0 atom stereocenters. The highest BCUT2D eigenvalue weighted by Gasteiger charge is 2.16. The minimum Gasteiger partial charge on any atom is -0.259 e. The van der Waals surface area contributed by atoms with Crippen LogP contribution in [0.3, 0.4) is 0 Å². The van der Waals surface area contributed by atoms with Gasteiger partial charge in [0.2, 0.25) is 5.70 Å². The van der Waals surface area contributed by atoms with E-state index in [1.165, 1.54) is 24.3 Å². The second-order valence-corrected chi connectivity index (χ2v) is 3.83. The molecule has 90 valence electrons. The van der Waals surface area contributed by atoms with E-state index in [2.05, 4.69) is 0 Å². The van der Waals surface area contributed by atoms with Gasteiger partial charge in [-0.25, -0.2) is 0 Å². The first-order valence-corrected chi connectivity index (χ1v) is 5.02. The van der Waals surface area contributed by atoms with Crippen molar-refractivity contribution in [2.75, 3.05) is 0 Å². The first-order chi connectivity index (χ1) is 7.91. The van der Waals surface area contributed by atoms with Crippen molar-refractivity contribution in [2.24, 2.45) is 5.92 Å². The van der Waals surface area contributed by atoms with Gasteiger partial charge in [0.25, 0.3) is 5.69 Å². The summed E-state index contributed by atoms with van der Waals surface area (Å²) < 4.78 is 0. The maximum Gasteiger partial charge on any atom is 0.270 e. The second kappa shape index (κ2) is 5.20. The Morgan fingerprint density at radius 1 is 1.29 bits per heavy atom. The van der Waals surface area contributed by atoms with Crippen molar-refractivity contribution in [3.05, 3.63) is 55.8 Å². The Labute approximate surface area is 97.9 Å². The van der Waals surface area contributed by atoms with Crippen LogP contribution in [0.4, 0.5) is 5.69 Å². The summed E-state index contributed by atoms with van der Waals surface area (Å²) in [7, 11) is 0.